The fourth-order valence-corrected chi connectivity index (χ4v) is 4.21. The Kier molecular flexibility index (Phi) is 6.18. The van der Waals surface area contributed by atoms with Gasteiger partial charge in [-0.15, -0.1) is 0 Å². The number of hydrogen-bond donors (Lipinski definition) is 1. The second-order valence-electron chi connectivity index (χ2n) is 7.94. The lowest BCUT2D eigenvalue weighted by atomic mass is 10.0. The maximum absolute atomic E-state index is 12.5. The van der Waals surface area contributed by atoms with Gasteiger partial charge in [-0.3, -0.25) is 4.90 Å². The van der Waals surface area contributed by atoms with Crippen LogP contribution in [0.5, 0.6) is 5.75 Å². The summed E-state index contributed by atoms with van der Waals surface area (Å²) in [6.45, 7) is 5.39. The molecule has 4 rings (SSSR count). The minimum atomic E-state index is -0.546. The number of nitrogens with one attached hydrogen (secondary N) is 1. The fourth-order valence-electron chi connectivity index (χ4n) is 3.93. The van der Waals surface area contributed by atoms with Crippen molar-refractivity contribution in [3.8, 4) is 5.75 Å². The molecule has 2 amide bonds. The Morgan fingerprint density at radius 2 is 2.03 bits per heavy atom. The van der Waals surface area contributed by atoms with Crippen molar-refractivity contribution in [2.24, 2.45) is 0 Å². The van der Waals surface area contributed by atoms with E-state index in [1.54, 1.807) is 11.0 Å². The van der Waals surface area contributed by atoms with E-state index in [0.717, 1.165) is 24.1 Å². The summed E-state index contributed by atoms with van der Waals surface area (Å²) in [5.74, 6) is 0.924. The molecular formula is C22H25ClN4O4. The van der Waals surface area contributed by atoms with E-state index < -0.39 is 6.09 Å². The number of carbonyl (C=O) groups excluding carboxylic acids is 2. The highest BCUT2D eigenvalue weighted by Gasteiger charge is 2.34. The van der Waals surface area contributed by atoms with Crippen LogP contribution in [0.3, 0.4) is 0 Å². The van der Waals surface area contributed by atoms with E-state index in [1.807, 2.05) is 38.1 Å². The number of aromatic nitrogens is 1. The van der Waals surface area contributed by atoms with Gasteiger partial charge in [-0.2, -0.15) is 0 Å². The number of piperidine rings is 1. The molecule has 1 saturated heterocycles. The number of amides is 2. The molecule has 9 heteroatoms. The largest absolute Gasteiger partial charge is 0.444 e. The highest BCUT2D eigenvalue weighted by Crippen LogP contribution is 2.34. The molecule has 8 nitrogen and oxygen atoms in total. The molecule has 2 aliphatic heterocycles. The third kappa shape index (κ3) is 4.69. The van der Waals surface area contributed by atoms with E-state index >= 15 is 0 Å². The zero-order valence-electron chi connectivity index (χ0n) is 17.5. The van der Waals surface area contributed by atoms with Crippen molar-refractivity contribution < 1.29 is 19.1 Å². The predicted octanol–water partition coefficient (Wildman–Crippen LogP) is 4.36. The summed E-state index contributed by atoms with van der Waals surface area (Å²) in [6, 6.07) is 9.45. The Labute approximate surface area is 186 Å². The molecule has 31 heavy (non-hydrogen) atoms. The number of hydrogen-bond acceptors (Lipinski definition) is 6. The van der Waals surface area contributed by atoms with Gasteiger partial charge < -0.3 is 19.7 Å². The molecule has 1 fully saturated rings. The summed E-state index contributed by atoms with van der Waals surface area (Å²) in [5.41, 5.74) is 1.95. The van der Waals surface area contributed by atoms with Crippen LogP contribution in [0.25, 0.3) is 0 Å². The number of benzene rings is 1. The first-order valence-electron chi connectivity index (χ1n) is 10.3. The Balaban J connectivity index is 1.41. The van der Waals surface area contributed by atoms with Gasteiger partial charge in [0, 0.05) is 36.8 Å². The summed E-state index contributed by atoms with van der Waals surface area (Å²) in [5, 5.41) is 3.06. The number of cyclic esters (lactones) is 1. The molecule has 2 aliphatic rings. The topological polar surface area (TPSA) is 84.0 Å². The van der Waals surface area contributed by atoms with E-state index in [9.17, 15) is 9.59 Å². The van der Waals surface area contributed by atoms with E-state index in [0.29, 0.717) is 30.5 Å². The van der Waals surface area contributed by atoms with Crippen LogP contribution in [0.2, 0.25) is 5.02 Å². The minimum Gasteiger partial charge on any atom is -0.444 e. The quantitative estimate of drug-likeness (QED) is 0.754. The second kappa shape index (κ2) is 9.01. The first-order chi connectivity index (χ1) is 14.9. The first kappa shape index (κ1) is 21.2. The predicted molar refractivity (Wildman–Crippen MR) is 118 cm³/mol. The number of carbonyl (C=O) groups is 2. The third-order valence-corrected chi connectivity index (χ3v) is 5.62. The molecule has 0 atom stereocenters. The van der Waals surface area contributed by atoms with E-state index in [1.165, 1.54) is 6.20 Å². The van der Waals surface area contributed by atoms with Crippen molar-refractivity contribution in [2.75, 3.05) is 22.9 Å². The number of halogens is 1. The lowest BCUT2D eigenvalue weighted by Gasteiger charge is -2.40. The molecular weight excluding hydrogens is 420 g/mol. The maximum Gasteiger partial charge on any atom is 0.414 e. The number of para-hydroxylation sites is 1. The Morgan fingerprint density at radius 1 is 1.29 bits per heavy atom. The molecule has 1 aromatic heterocycles. The molecule has 0 spiro atoms. The van der Waals surface area contributed by atoms with Gasteiger partial charge in [0.2, 0.25) is 0 Å². The maximum atomic E-state index is 12.5. The smallest absolute Gasteiger partial charge is 0.414 e. The Bertz CT molecular complexity index is 976. The summed E-state index contributed by atoms with van der Waals surface area (Å²) in [7, 11) is 0. The lowest BCUT2D eigenvalue weighted by Crippen LogP contribution is -2.49. The fraction of sp³-hybridized carbons (Fsp3) is 0.409. The Hall–Kier alpha value is -3.00. The van der Waals surface area contributed by atoms with E-state index in [4.69, 9.17) is 21.1 Å². The van der Waals surface area contributed by atoms with Crippen molar-refractivity contribution in [3.63, 3.8) is 0 Å². The average Bonchev–Trinajstić information content (AvgIpc) is 2.73. The molecule has 0 saturated carbocycles. The minimum absolute atomic E-state index is 0.0272. The summed E-state index contributed by atoms with van der Waals surface area (Å²) < 4.78 is 10.6. The van der Waals surface area contributed by atoms with Gasteiger partial charge in [-0.25, -0.2) is 14.6 Å². The van der Waals surface area contributed by atoms with Crippen LogP contribution < -0.4 is 19.9 Å². The van der Waals surface area contributed by atoms with Gasteiger partial charge >= 0.3 is 12.2 Å². The highest BCUT2D eigenvalue weighted by molar-refractivity contribution is 6.33. The molecule has 0 aliphatic carbocycles. The number of anilines is 2. The van der Waals surface area contributed by atoms with Crippen LogP contribution in [0, 0.1) is 0 Å². The van der Waals surface area contributed by atoms with Crippen LogP contribution in [-0.2, 0) is 11.3 Å². The number of pyridine rings is 1. The SMILES string of the molecule is CC(C)NC(=O)Oc1cnc(N2CCC(N3C(=O)OCc4ccccc43)CC2)c(Cl)c1. The molecule has 164 valence electrons. The van der Waals surface area contributed by atoms with Crippen molar-refractivity contribution in [2.45, 2.75) is 45.4 Å². The van der Waals surface area contributed by atoms with Gasteiger partial charge in [-0.1, -0.05) is 29.8 Å². The van der Waals surface area contributed by atoms with Crippen LogP contribution in [0.1, 0.15) is 32.3 Å². The zero-order chi connectivity index (χ0) is 22.0. The normalized spacial score (nSPS) is 16.7. The van der Waals surface area contributed by atoms with Crippen LogP contribution in [0.4, 0.5) is 21.1 Å². The molecule has 0 unspecified atom stereocenters. The lowest BCUT2D eigenvalue weighted by molar-refractivity contribution is 0.137. The molecule has 1 N–H and O–H groups in total. The molecule has 2 aromatic rings. The van der Waals surface area contributed by atoms with Gasteiger partial charge in [0.25, 0.3) is 0 Å². The van der Waals surface area contributed by atoms with Gasteiger partial charge in [0.1, 0.15) is 12.4 Å². The van der Waals surface area contributed by atoms with Gasteiger partial charge in [0.05, 0.1) is 16.9 Å². The second-order valence-corrected chi connectivity index (χ2v) is 8.34. The van der Waals surface area contributed by atoms with Crippen molar-refractivity contribution in [3.05, 3.63) is 47.1 Å². The zero-order valence-corrected chi connectivity index (χ0v) is 18.3. The third-order valence-electron chi connectivity index (χ3n) is 5.34. The van der Waals surface area contributed by atoms with E-state index in [-0.39, 0.29) is 23.9 Å². The van der Waals surface area contributed by atoms with Gasteiger partial charge in [0.15, 0.2) is 5.75 Å². The number of fused-ring (bicyclic) bond motifs is 1. The highest BCUT2D eigenvalue weighted by atomic mass is 35.5. The number of rotatable bonds is 4. The average molecular weight is 445 g/mol. The Morgan fingerprint density at radius 3 is 2.74 bits per heavy atom. The standard InChI is InChI=1S/C22H25ClN4O4/c1-14(2)25-21(28)31-17-11-18(23)20(24-12-17)26-9-7-16(8-10-26)27-19-6-4-3-5-15(19)13-30-22(27)29/h3-6,11-12,14,16H,7-10,13H2,1-2H3,(H,25,28). The van der Waals surface area contributed by atoms with Crippen LogP contribution >= 0.6 is 11.6 Å². The summed E-state index contributed by atoms with van der Waals surface area (Å²) in [4.78, 5) is 32.5. The molecule has 1 aromatic carbocycles. The summed E-state index contributed by atoms with van der Waals surface area (Å²) in [6.07, 6.45) is 2.17. The molecule has 0 radical (unpaired) electrons. The van der Waals surface area contributed by atoms with Crippen LogP contribution in [0.15, 0.2) is 36.5 Å². The summed E-state index contributed by atoms with van der Waals surface area (Å²) >= 11 is 6.43. The number of ether oxygens (including phenoxy) is 2. The van der Waals surface area contributed by atoms with Gasteiger partial charge in [-0.05, 0) is 32.8 Å². The van der Waals surface area contributed by atoms with Crippen molar-refractivity contribution in [1.29, 1.82) is 0 Å². The van der Waals surface area contributed by atoms with Crippen LogP contribution in [-0.4, -0.2) is 42.3 Å². The van der Waals surface area contributed by atoms with Crippen molar-refractivity contribution >= 4 is 35.3 Å². The van der Waals surface area contributed by atoms with Crippen molar-refractivity contribution in [1.82, 2.24) is 10.3 Å². The molecule has 0 bridgehead atoms. The monoisotopic (exact) mass is 444 g/mol. The van der Waals surface area contributed by atoms with E-state index in [2.05, 4.69) is 15.2 Å². The first-order valence-corrected chi connectivity index (χ1v) is 10.7. The molecule has 3 heterocycles. The number of nitrogens with zero attached hydrogens (tertiary/aromatic N) is 3.